The molecule has 0 bridgehead atoms. The van der Waals surface area contributed by atoms with Crippen molar-refractivity contribution in [1.82, 2.24) is 9.78 Å². The number of rotatable bonds is 3. The lowest BCUT2D eigenvalue weighted by Crippen LogP contribution is -2.15. The van der Waals surface area contributed by atoms with Crippen LogP contribution in [0, 0.1) is 18.6 Å². The van der Waals surface area contributed by atoms with E-state index in [1.54, 1.807) is 6.92 Å². The summed E-state index contributed by atoms with van der Waals surface area (Å²) in [6.07, 6.45) is 1.43. The maximum absolute atomic E-state index is 14.0. The molecule has 0 spiro atoms. The van der Waals surface area contributed by atoms with Crippen molar-refractivity contribution in [2.45, 2.75) is 20.4 Å². The molecule has 1 heterocycles. The third-order valence-electron chi connectivity index (χ3n) is 2.82. The molecule has 0 aliphatic heterocycles. The molecule has 0 amide bonds. The predicted octanol–water partition coefficient (Wildman–Crippen LogP) is 3.48. The highest BCUT2D eigenvalue weighted by molar-refractivity contribution is 9.10. The Morgan fingerprint density at radius 1 is 1.42 bits per heavy atom. The largest absolute Gasteiger partial charge is 0.287 e. The number of aromatic nitrogens is 2. The maximum Gasteiger partial charge on any atom is 0.218 e. The minimum Gasteiger partial charge on any atom is -0.287 e. The molecule has 0 N–H and O–H groups in total. The van der Waals surface area contributed by atoms with Crippen LogP contribution in [0.4, 0.5) is 8.78 Å². The van der Waals surface area contributed by atoms with Gasteiger partial charge in [0.15, 0.2) is 0 Å². The number of hydrogen-bond donors (Lipinski definition) is 0. The van der Waals surface area contributed by atoms with Gasteiger partial charge in [-0.2, -0.15) is 5.10 Å². The molecule has 19 heavy (non-hydrogen) atoms. The van der Waals surface area contributed by atoms with Gasteiger partial charge in [0, 0.05) is 6.54 Å². The first-order valence-corrected chi connectivity index (χ1v) is 6.47. The molecule has 2 rings (SSSR count). The monoisotopic (exact) mass is 328 g/mol. The van der Waals surface area contributed by atoms with E-state index in [1.807, 2.05) is 0 Å². The Hall–Kier alpha value is -1.56. The zero-order chi connectivity index (χ0) is 14.2. The molecule has 0 radical (unpaired) electrons. The van der Waals surface area contributed by atoms with E-state index in [0.717, 1.165) is 6.07 Å². The van der Waals surface area contributed by atoms with Crippen molar-refractivity contribution in [2.24, 2.45) is 0 Å². The van der Waals surface area contributed by atoms with Crippen molar-refractivity contribution in [3.8, 4) is 0 Å². The smallest absolute Gasteiger partial charge is 0.218 e. The van der Waals surface area contributed by atoms with Crippen molar-refractivity contribution < 1.29 is 13.6 Å². The zero-order valence-corrected chi connectivity index (χ0v) is 12.0. The summed E-state index contributed by atoms with van der Waals surface area (Å²) in [5.74, 6) is -2.42. The fraction of sp³-hybridized carbons (Fsp3) is 0.231. The average molecular weight is 329 g/mol. The van der Waals surface area contributed by atoms with Crippen LogP contribution < -0.4 is 0 Å². The number of hydrogen-bond acceptors (Lipinski definition) is 2. The van der Waals surface area contributed by atoms with E-state index < -0.39 is 23.0 Å². The van der Waals surface area contributed by atoms with Crippen LogP contribution in [0.25, 0.3) is 0 Å². The summed E-state index contributed by atoms with van der Waals surface area (Å²) in [6, 6.07) is 2.39. The van der Waals surface area contributed by atoms with Gasteiger partial charge in [-0.25, -0.2) is 8.78 Å². The molecule has 100 valence electrons. The fourth-order valence-corrected chi connectivity index (χ4v) is 2.29. The second-order valence-electron chi connectivity index (χ2n) is 4.04. The number of nitrogens with zero attached hydrogens (tertiary/aromatic N) is 2. The second-order valence-corrected chi connectivity index (χ2v) is 4.89. The van der Waals surface area contributed by atoms with Crippen molar-refractivity contribution in [2.75, 3.05) is 0 Å². The number of aryl methyl sites for hydroxylation is 2. The third-order valence-corrected chi connectivity index (χ3v) is 3.40. The summed E-state index contributed by atoms with van der Waals surface area (Å²) in [6.45, 7) is 3.71. The maximum atomic E-state index is 14.0. The van der Waals surface area contributed by atoms with E-state index >= 15 is 0 Å². The van der Waals surface area contributed by atoms with Gasteiger partial charge in [-0.1, -0.05) is 6.07 Å². The lowest BCUT2D eigenvalue weighted by molar-refractivity contribution is 0.102. The van der Waals surface area contributed by atoms with Gasteiger partial charge in [0.25, 0.3) is 0 Å². The third kappa shape index (κ3) is 2.32. The van der Waals surface area contributed by atoms with Gasteiger partial charge in [-0.3, -0.25) is 9.48 Å². The molecular formula is C13H11BrF2N2O. The van der Waals surface area contributed by atoms with Crippen LogP contribution in [0.1, 0.15) is 28.5 Å². The number of ketones is 1. The van der Waals surface area contributed by atoms with Crippen molar-refractivity contribution in [1.29, 1.82) is 0 Å². The van der Waals surface area contributed by atoms with Crippen LogP contribution in [0.5, 0.6) is 0 Å². The summed E-state index contributed by atoms with van der Waals surface area (Å²) in [4.78, 5) is 12.3. The first-order valence-electron chi connectivity index (χ1n) is 5.68. The lowest BCUT2D eigenvalue weighted by atomic mass is 10.0. The quantitative estimate of drug-likeness (QED) is 0.808. The molecule has 2 aromatic rings. The van der Waals surface area contributed by atoms with Crippen LogP contribution in [0.15, 0.2) is 22.8 Å². The second kappa shape index (κ2) is 5.21. The highest BCUT2D eigenvalue weighted by Gasteiger charge is 2.25. The highest BCUT2D eigenvalue weighted by atomic mass is 79.9. The summed E-state index contributed by atoms with van der Waals surface area (Å²) in [7, 11) is 0. The van der Waals surface area contributed by atoms with Gasteiger partial charge in [0.2, 0.25) is 5.78 Å². The van der Waals surface area contributed by atoms with Crippen LogP contribution in [-0.2, 0) is 6.54 Å². The van der Waals surface area contributed by atoms with Gasteiger partial charge >= 0.3 is 0 Å². The van der Waals surface area contributed by atoms with E-state index in [0.29, 0.717) is 11.0 Å². The molecule has 0 atom stereocenters. The first-order chi connectivity index (χ1) is 8.97. The highest BCUT2D eigenvalue weighted by Crippen LogP contribution is 2.24. The fourth-order valence-electron chi connectivity index (χ4n) is 1.81. The van der Waals surface area contributed by atoms with Gasteiger partial charge in [0.1, 0.15) is 17.3 Å². The normalized spacial score (nSPS) is 10.8. The van der Waals surface area contributed by atoms with E-state index in [4.69, 9.17) is 0 Å². The van der Waals surface area contributed by atoms with Crippen molar-refractivity contribution in [3.05, 3.63) is 51.3 Å². The molecule has 6 heteroatoms. The molecule has 0 saturated heterocycles. The van der Waals surface area contributed by atoms with Gasteiger partial charge < -0.3 is 0 Å². The molecule has 1 aromatic carbocycles. The number of benzene rings is 1. The van der Waals surface area contributed by atoms with Gasteiger partial charge in [-0.05, 0) is 41.4 Å². The molecule has 0 saturated carbocycles. The summed E-state index contributed by atoms with van der Waals surface area (Å²) in [5.41, 5.74) is -0.176. The molecular weight excluding hydrogens is 318 g/mol. The molecule has 0 unspecified atom stereocenters. The first kappa shape index (κ1) is 13.9. The van der Waals surface area contributed by atoms with Crippen LogP contribution in [0.2, 0.25) is 0 Å². The minimum atomic E-state index is -0.871. The Morgan fingerprint density at radius 2 is 2.11 bits per heavy atom. The van der Waals surface area contributed by atoms with Crippen LogP contribution in [-0.4, -0.2) is 15.6 Å². The summed E-state index contributed by atoms with van der Waals surface area (Å²) >= 11 is 3.17. The molecule has 0 aliphatic carbocycles. The number of halogens is 3. The minimum absolute atomic E-state index is 0.144. The molecule has 3 nitrogen and oxygen atoms in total. The Labute approximate surface area is 117 Å². The summed E-state index contributed by atoms with van der Waals surface area (Å²) < 4.78 is 29.5. The van der Waals surface area contributed by atoms with Crippen molar-refractivity contribution in [3.63, 3.8) is 0 Å². The van der Waals surface area contributed by atoms with E-state index in [2.05, 4.69) is 21.0 Å². The Balaban J connectivity index is 2.63. The molecule has 1 aromatic heterocycles. The number of carbonyl (C=O) groups is 1. The van der Waals surface area contributed by atoms with Crippen molar-refractivity contribution >= 4 is 21.7 Å². The van der Waals surface area contributed by atoms with Gasteiger partial charge in [-0.15, -0.1) is 0 Å². The van der Waals surface area contributed by atoms with E-state index in [1.165, 1.54) is 23.9 Å². The number of carbonyl (C=O) groups excluding carboxylic acids is 1. The Kier molecular flexibility index (Phi) is 3.80. The topological polar surface area (TPSA) is 34.9 Å². The molecule has 0 aliphatic rings. The summed E-state index contributed by atoms with van der Waals surface area (Å²) in [5, 5.41) is 3.97. The van der Waals surface area contributed by atoms with Gasteiger partial charge in [0.05, 0.1) is 16.2 Å². The van der Waals surface area contributed by atoms with E-state index in [-0.39, 0.29) is 11.3 Å². The van der Waals surface area contributed by atoms with E-state index in [9.17, 15) is 13.6 Å². The average Bonchev–Trinajstić information content (AvgIpc) is 2.75. The predicted molar refractivity (Wildman–Crippen MR) is 70.1 cm³/mol. The van der Waals surface area contributed by atoms with Crippen LogP contribution in [0.3, 0.4) is 0 Å². The standard InChI is InChI=1S/C13H11BrF2N2O/c1-3-18-12(8(14)6-17-18)13(19)10-9(15)5-4-7(2)11(10)16/h4-6H,3H2,1-2H3. The lowest BCUT2D eigenvalue weighted by Gasteiger charge is -2.08. The Bertz CT molecular complexity index is 652. The van der Waals surface area contributed by atoms with Crippen LogP contribution >= 0.6 is 15.9 Å². The zero-order valence-electron chi connectivity index (χ0n) is 10.4. The molecule has 0 fully saturated rings. The Morgan fingerprint density at radius 3 is 2.74 bits per heavy atom. The SMILES string of the molecule is CCn1ncc(Br)c1C(=O)c1c(F)ccc(C)c1F.